The molecule has 0 aromatic heterocycles. The van der Waals surface area contributed by atoms with E-state index in [4.69, 9.17) is 0 Å². The molecule has 0 heterocycles. The fourth-order valence-electron chi connectivity index (χ4n) is 2.41. The molecule has 1 saturated carbocycles. The van der Waals surface area contributed by atoms with Crippen molar-refractivity contribution in [3.63, 3.8) is 0 Å². The van der Waals surface area contributed by atoms with Gasteiger partial charge in [-0.2, -0.15) is 0 Å². The summed E-state index contributed by atoms with van der Waals surface area (Å²) in [5.74, 6) is 1.02. The van der Waals surface area contributed by atoms with Crippen LogP contribution in [-0.4, -0.2) is 5.11 Å². The van der Waals surface area contributed by atoms with Crippen LogP contribution in [-0.2, 0) is 0 Å². The summed E-state index contributed by atoms with van der Waals surface area (Å²) >= 11 is 0. The number of aromatic hydroxyl groups is 1. The van der Waals surface area contributed by atoms with Gasteiger partial charge in [0.1, 0.15) is 5.75 Å². The van der Waals surface area contributed by atoms with Gasteiger partial charge in [-0.05, 0) is 47.6 Å². The van der Waals surface area contributed by atoms with E-state index in [2.05, 4.69) is 18.2 Å². The minimum atomic E-state index is 0.453. The first-order valence-corrected chi connectivity index (χ1v) is 6.23. The molecule has 0 radical (unpaired) electrons. The van der Waals surface area contributed by atoms with Crippen molar-refractivity contribution in [2.24, 2.45) is 0 Å². The lowest BCUT2D eigenvalue weighted by molar-refractivity contribution is 0.393. The summed E-state index contributed by atoms with van der Waals surface area (Å²) < 4.78 is 0. The zero-order valence-corrected chi connectivity index (χ0v) is 9.76. The van der Waals surface area contributed by atoms with Gasteiger partial charge in [0.15, 0.2) is 0 Å². The van der Waals surface area contributed by atoms with Crippen molar-refractivity contribution in [2.45, 2.75) is 25.2 Å². The maximum absolute atomic E-state index is 9.92. The molecule has 1 N–H and O–H groups in total. The van der Waals surface area contributed by atoms with Crippen LogP contribution >= 0.6 is 0 Å². The lowest BCUT2D eigenvalue weighted by atomic mass is 9.79. The van der Waals surface area contributed by atoms with E-state index in [1.54, 1.807) is 0 Å². The molecule has 0 spiro atoms. The van der Waals surface area contributed by atoms with Gasteiger partial charge in [-0.15, -0.1) is 0 Å². The molecule has 0 atom stereocenters. The average Bonchev–Trinajstić information content (AvgIpc) is 2.31. The molecule has 1 nitrogen and oxygen atoms in total. The molecule has 0 unspecified atom stereocenters. The first-order chi connectivity index (χ1) is 8.34. The van der Waals surface area contributed by atoms with Gasteiger partial charge in [-0.25, -0.2) is 0 Å². The van der Waals surface area contributed by atoms with Gasteiger partial charge in [-0.1, -0.05) is 42.8 Å². The summed E-state index contributed by atoms with van der Waals surface area (Å²) in [6.45, 7) is 0. The van der Waals surface area contributed by atoms with Crippen LogP contribution in [0.4, 0.5) is 0 Å². The number of hydrogen-bond donors (Lipinski definition) is 1. The van der Waals surface area contributed by atoms with Crippen LogP contribution < -0.4 is 0 Å². The van der Waals surface area contributed by atoms with E-state index < -0.39 is 0 Å². The van der Waals surface area contributed by atoms with E-state index >= 15 is 0 Å². The molecule has 17 heavy (non-hydrogen) atoms. The van der Waals surface area contributed by atoms with E-state index in [-0.39, 0.29) is 0 Å². The third kappa shape index (κ3) is 1.93. The van der Waals surface area contributed by atoms with Crippen LogP contribution in [0.2, 0.25) is 0 Å². The molecule has 1 heteroatoms. The number of phenolic OH excluding ortho intramolecular Hbond substituents is 1. The van der Waals surface area contributed by atoms with Gasteiger partial charge < -0.3 is 5.11 Å². The second-order valence-electron chi connectivity index (χ2n) is 4.77. The minimum absolute atomic E-state index is 0.453. The topological polar surface area (TPSA) is 20.2 Å². The Hall–Kier alpha value is -1.76. The Bertz CT molecular complexity index is 512. The third-order valence-electron chi connectivity index (χ3n) is 3.68. The van der Waals surface area contributed by atoms with Crippen LogP contribution in [0.1, 0.15) is 30.7 Å². The van der Waals surface area contributed by atoms with E-state index in [0.29, 0.717) is 11.7 Å². The monoisotopic (exact) mass is 224 g/mol. The smallest absolute Gasteiger partial charge is 0.119 e. The lowest BCUT2D eigenvalue weighted by Crippen LogP contribution is -2.08. The number of hydrogen-bond acceptors (Lipinski definition) is 1. The molecule has 1 aliphatic rings. The fourth-order valence-corrected chi connectivity index (χ4v) is 2.41. The summed E-state index contributed by atoms with van der Waals surface area (Å²) in [4.78, 5) is 0. The first-order valence-electron chi connectivity index (χ1n) is 6.23. The van der Waals surface area contributed by atoms with Gasteiger partial charge >= 0.3 is 0 Å². The molecule has 1 aliphatic carbocycles. The standard InChI is InChI=1S/C16H16O/c17-16-10-9-14(12-5-2-1-3-6-12)11-15(16)13-7-4-8-13/h1-3,5-6,9-11,13,17H,4,7-8H2. The molecule has 2 aromatic carbocycles. The predicted octanol–water partition coefficient (Wildman–Crippen LogP) is 4.33. The quantitative estimate of drug-likeness (QED) is 0.805. The van der Waals surface area contributed by atoms with Crippen LogP contribution in [0.3, 0.4) is 0 Å². The highest BCUT2D eigenvalue weighted by Crippen LogP contribution is 2.41. The Labute approximate surface area is 102 Å². The first kappa shape index (κ1) is 10.4. The summed E-state index contributed by atoms with van der Waals surface area (Å²) in [5.41, 5.74) is 3.54. The van der Waals surface area contributed by atoms with Gasteiger partial charge in [0, 0.05) is 0 Å². The van der Waals surface area contributed by atoms with E-state index in [1.165, 1.54) is 30.4 Å². The van der Waals surface area contributed by atoms with Gasteiger partial charge in [-0.3, -0.25) is 0 Å². The Morgan fingerprint density at radius 2 is 1.65 bits per heavy atom. The molecule has 0 amide bonds. The van der Waals surface area contributed by atoms with Crippen molar-refractivity contribution in [2.75, 3.05) is 0 Å². The number of phenols is 1. The Morgan fingerprint density at radius 3 is 2.29 bits per heavy atom. The van der Waals surface area contributed by atoms with Crippen LogP contribution in [0, 0.1) is 0 Å². The van der Waals surface area contributed by atoms with E-state index in [9.17, 15) is 5.11 Å². The van der Waals surface area contributed by atoms with Crippen molar-refractivity contribution < 1.29 is 5.11 Å². The molecule has 0 aliphatic heterocycles. The summed E-state index contributed by atoms with van der Waals surface area (Å²) in [5, 5.41) is 9.92. The zero-order valence-electron chi connectivity index (χ0n) is 9.76. The highest BCUT2D eigenvalue weighted by molar-refractivity contribution is 5.65. The van der Waals surface area contributed by atoms with Crippen molar-refractivity contribution in [3.8, 4) is 16.9 Å². The van der Waals surface area contributed by atoms with Gasteiger partial charge in [0.25, 0.3) is 0 Å². The summed E-state index contributed by atoms with van der Waals surface area (Å²) in [6.07, 6.45) is 3.72. The van der Waals surface area contributed by atoms with Crippen molar-refractivity contribution in [1.29, 1.82) is 0 Å². The number of benzene rings is 2. The van der Waals surface area contributed by atoms with E-state index in [0.717, 1.165) is 5.56 Å². The zero-order chi connectivity index (χ0) is 11.7. The van der Waals surface area contributed by atoms with Gasteiger partial charge in [0.2, 0.25) is 0 Å². The Balaban J connectivity index is 2.01. The van der Waals surface area contributed by atoms with Crippen LogP contribution in [0.25, 0.3) is 11.1 Å². The molecular weight excluding hydrogens is 208 g/mol. The van der Waals surface area contributed by atoms with Crippen molar-refractivity contribution in [1.82, 2.24) is 0 Å². The largest absolute Gasteiger partial charge is 0.508 e. The molecule has 86 valence electrons. The summed E-state index contributed by atoms with van der Waals surface area (Å²) in [7, 11) is 0. The molecule has 1 fully saturated rings. The highest BCUT2D eigenvalue weighted by atomic mass is 16.3. The lowest BCUT2D eigenvalue weighted by Gasteiger charge is -2.26. The predicted molar refractivity (Wildman–Crippen MR) is 70.1 cm³/mol. The minimum Gasteiger partial charge on any atom is -0.508 e. The molecule has 0 saturated heterocycles. The SMILES string of the molecule is Oc1ccc(-c2ccccc2)cc1C1CCC1. The molecular formula is C16H16O. The third-order valence-corrected chi connectivity index (χ3v) is 3.68. The van der Waals surface area contributed by atoms with Crippen molar-refractivity contribution >= 4 is 0 Å². The normalized spacial score (nSPS) is 15.5. The van der Waals surface area contributed by atoms with E-state index in [1.807, 2.05) is 30.3 Å². The fraction of sp³-hybridized carbons (Fsp3) is 0.250. The van der Waals surface area contributed by atoms with Crippen LogP contribution in [0.5, 0.6) is 5.75 Å². The Kier molecular flexibility index (Phi) is 2.60. The maximum atomic E-state index is 9.92. The maximum Gasteiger partial charge on any atom is 0.119 e. The van der Waals surface area contributed by atoms with Gasteiger partial charge in [0.05, 0.1) is 0 Å². The summed E-state index contributed by atoms with van der Waals surface area (Å²) in [6, 6.07) is 16.3. The second kappa shape index (κ2) is 4.25. The molecule has 2 aromatic rings. The average molecular weight is 224 g/mol. The van der Waals surface area contributed by atoms with Crippen molar-refractivity contribution in [3.05, 3.63) is 54.1 Å². The highest BCUT2D eigenvalue weighted by Gasteiger charge is 2.22. The molecule has 0 bridgehead atoms. The Morgan fingerprint density at radius 1 is 0.882 bits per heavy atom. The number of rotatable bonds is 2. The molecule has 3 rings (SSSR count). The second-order valence-corrected chi connectivity index (χ2v) is 4.77. The van der Waals surface area contributed by atoms with Crippen LogP contribution in [0.15, 0.2) is 48.5 Å².